The third kappa shape index (κ3) is 3.27. The van der Waals surface area contributed by atoms with E-state index in [4.69, 9.17) is 0 Å². The summed E-state index contributed by atoms with van der Waals surface area (Å²) in [6.07, 6.45) is 4.01. The summed E-state index contributed by atoms with van der Waals surface area (Å²) in [7, 11) is 0. The average Bonchev–Trinajstić information content (AvgIpc) is 2.40. The first-order valence-electron chi connectivity index (χ1n) is 6.20. The second kappa shape index (κ2) is 5.77. The van der Waals surface area contributed by atoms with Gasteiger partial charge in [-0.2, -0.15) is 0 Å². The van der Waals surface area contributed by atoms with Crippen LogP contribution in [-0.4, -0.2) is 30.0 Å². The third-order valence-corrected chi connectivity index (χ3v) is 3.30. The first-order chi connectivity index (χ1) is 8.27. The van der Waals surface area contributed by atoms with Crippen LogP contribution in [0.2, 0.25) is 0 Å². The third-order valence-electron chi connectivity index (χ3n) is 3.30. The lowest BCUT2D eigenvalue weighted by Crippen LogP contribution is -2.44. The summed E-state index contributed by atoms with van der Waals surface area (Å²) in [5.74, 6) is 0.445. The number of hydrogen-bond acceptors (Lipinski definition) is 3. The molecule has 0 aliphatic carbocycles. The van der Waals surface area contributed by atoms with Gasteiger partial charge in [0.15, 0.2) is 0 Å². The zero-order valence-electron chi connectivity index (χ0n) is 10.1. The van der Waals surface area contributed by atoms with Gasteiger partial charge in [0.25, 0.3) is 5.91 Å². The lowest BCUT2D eigenvalue weighted by Gasteiger charge is -2.28. The van der Waals surface area contributed by atoms with Crippen molar-refractivity contribution in [3.63, 3.8) is 0 Å². The molecule has 1 saturated heterocycles. The van der Waals surface area contributed by atoms with Gasteiger partial charge in [-0.15, -0.1) is 0 Å². The highest BCUT2D eigenvalue weighted by Gasteiger charge is 2.21. The van der Waals surface area contributed by atoms with E-state index < -0.39 is 0 Å². The highest BCUT2D eigenvalue weighted by molar-refractivity contribution is 5.92. The Morgan fingerprint density at radius 3 is 3.12 bits per heavy atom. The first-order valence-corrected chi connectivity index (χ1v) is 6.20. The maximum atomic E-state index is 11.9. The summed E-state index contributed by atoms with van der Waals surface area (Å²) in [5, 5.41) is 6.39. The lowest BCUT2D eigenvalue weighted by atomic mass is 9.93. The number of aromatic nitrogens is 1. The Kier molecular flexibility index (Phi) is 4.09. The van der Waals surface area contributed by atoms with E-state index in [0.29, 0.717) is 11.6 Å². The molecule has 0 spiro atoms. The Labute approximate surface area is 102 Å². The van der Waals surface area contributed by atoms with Crippen LogP contribution in [0.5, 0.6) is 0 Å². The zero-order chi connectivity index (χ0) is 12.1. The van der Waals surface area contributed by atoms with E-state index in [9.17, 15) is 4.79 Å². The molecule has 0 saturated carbocycles. The average molecular weight is 233 g/mol. The monoisotopic (exact) mass is 233 g/mol. The molecule has 92 valence electrons. The summed E-state index contributed by atoms with van der Waals surface area (Å²) in [6.45, 7) is 4.15. The molecule has 0 bridgehead atoms. The highest BCUT2D eigenvalue weighted by atomic mass is 16.1. The van der Waals surface area contributed by atoms with E-state index in [1.807, 2.05) is 12.1 Å². The SMILES string of the molecule is CC(NC(=O)c1ccccn1)C1CCCNC1. The minimum Gasteiger partial charge on any atom is -0.348 e. The smallest absolute Gasteiger partial charge is 0.270 e. The fourth-order valence-electron chi connectivity index (χ4n) is 2.20. The van der Waals surface area contributed by atoms with Crippen LogP contribution < -0.4 is 10.6 Å². The molecule has 1 amide bonds. The van der Waals surface area contributed by atoms with Crippen LogP contribution in [0.4, 0.5) is 0 Å². The Morgan fingerprint density at radius 2 is 2.47 bits per heavy atom. The fourth-order valence-corrected chi connectivity index (χ4v) is 2.20. The number of carbonyl (C=O) groups is 1. The minimum atomic E-state index is -0.0799. The van der Waals surface area contributed by atoms with Crippen LogP contribution in [0.3, 0.4) is 0 Å². The van der Waals surface area contributed by atoms with E-state index in [-0.39, 0.29) is 11.9 Å². The largest absolute Gasteiger partial charge is 0.348 e. The van der Waals surface area contributed by atoms with Crippen molar-refractivity contribution in [3.05, 3.63) is 30.1 Å². The summed E-state index contributed by atoms with van der Waals surface area (Å²) in [5.41, 5.74) is 0.489. The van der Waals surface area contributed by atoms with Crippen molar-refractivity contribution >= 4 is 5.91 Å². The molecular weight excluding hydrogens is 214 g/mol. The van der Waals surface area contributed by atoms with Gasteiger partial charge in [-0.1, -0.05) is 6.07 Å². The van der Waals surface area contributed by atoms with Gasteiger partial charge in [0.1, 0.15) is 5.69 Å². The molecule has 1 fully saturated rings. The Bertz CT molecular complexity index is 360. The highest BCUT2D eigenvalue weighted by Crippen LogP contribution is 2.14. The van der Waals surface area contributed by atoms with Crippen LogP contribution in [0, 0.1) is 5.92 Å². The lowest BCUT2D eigenvalue weighted by molar-refractivity contribution is 0.0917. The topological polar surface area (TPSA) is 54.0 Å². The van der Waals surface area contributed by atoms with Crippen LogP contribution in [-0.2, 0) is 0 Å². The Hall–Kier alpha value is -1.42. The maximum Gasteiger partial charge on any atom is 0.270 e. The molecule has 1 aromatic heterocycles. The molecule has 1 aliphatic heterocycles. The molecule has 2 heterocycles. The van der Waals surface area contributed by atoms with Crippen molar-refractivity contribution in [3.8, 4) is 0 Å². The molecule has 2 unspecified atom stereocenters. The van der Waals surface area contributed by atoms with E-state index in [1.165, 1.54) is 12.8 Å². The van der Waals surface area contributed by atoms with Crippen molar-refractivity contribution in [1.82, 2.24) is 15.6 Å². The van der Waals surface area contributed by atoms with Crippen molar-refractivity contribution in [2.75, 3.05) is 13.1 Å². The number of piperidine rings is 1. The van der Waals surface area contributed by atoms with Crippen molar-refractivity contribution < 1.29 is 4.79 Å². The summed E-state index contributed by atoms with van der Waals surface area (Å²) in [4.78, 5) is 16.0. The van der Waals surface area contributed by atoms with Crippen molar-refractivity contribution in [1.29, 1.82) is 0 Å². The number of carbonyl (C=O) groups excluding carboxylic acids is 1. The van der Waals surface area contributed by atoms with E-state index in [0.717, 1.165) is 13.1 Å². The van der Waals surface area contributed by atoms with Gasteiger partial charge >= 0.3 is 0 Å². The zero-order valence-corrected chi connectivity index (χ0v) is 10.1. The summed E-state index contributed by atoms with van der Waals surface area (Å²) in [6, 6.07) is 5.57. The van der Waals surface area contributed by atoms with Crippen molar-refractivity contribution in [2.45, 2.75) is 25.8 Å². The molecule has 0 radical (unpaired) electrons. The number of pyridine rings is 1. The maximum absolute atomic E-state index is 11.9. The second-order valence-electron chi connectivity index (χ2n) is 4.58. The molecule has 2 atom stereocenters. The standard InChI is InChI=1S/C13H19N3O/c1-10(11-5-4-7-14-9-11)16-13(17)12-6-2-3-8-15-12/h2-3,6,8,10-11,14H,4-5,7,9H2,1H3,(H,16,17). The number of amides is 1. The molecular formula is C13H19N3O. The van der Waals surface area contributed by atoms with Gasteiger partial charge in [-0.25, -0.2) is 0 Å². The quantitative estimate of drug-likeness (QED) is 0.825. The Balaban J connectivity index is 1.89. The van der Waals surface area contributed by atoms with Crippen molar-refractivity contribution in [2.24, 2.45) is 5.92 Å². The molecule has 2 N–H and O–H groups in total. The van der Waals surface area contributed by atoms with Crippen LogP contribution >= 0.6 is 0 Å². The van der Waals surface area contributed by atoms with Gasteiger partial charge in [0.2, 0.25) is 0 Å². The molecule has 2 rings (SSSR count). The van der Waals surface area contributed by atoms with Gasteiger partial charge in [0.05, 0.1) is 0 Å². The Morgan fingerprint density at radius 1 is 1.59 bits per heavy atom. The van der Waals surface area contributed by atoms with Crippen LogP contribution in [0.25, 0.3) is 0 Å². The number of nitrogens with one attached hydrogen (secondary N) is 2. The normalized spacial score (nSPS) is 21.8. The number of nitrogens with zero attached hydrogens (tertiary/aromatic N) is 1. The van der Waals surface area contributed by atoms with Gasteiger partial charge < -0.3 is 10.6 Å². The molecule has 4 heteroatoms. The molecule has 1 aliphatic rings. The van der Waals surface area contributed by atoms with Gasteiger partial charge in [-0.05, 0) is 50.9 Å². The minimum absolute atomic E-state index is 0.0799. The number of rotatable bonds is 3. The van der Waals surface area contributed by atoms with E-state index >= 15 is 0 Å². The van der Waals surface area contributed by atoms with Gasteiger partial charge in [0, 0.05) is 12.2 Å². The molecule has 0 aromatic carbocycles. The van der Waals surface area contributed by atoms with Crippen LogP contribution in [0.1, 0.15) is 30.3 Å². The van der Waals surface area contributed by atoms with Gasteiger partial charge in [-0.3, -0.25) is 9.78 Å². The molecule has 4 nitrogen and oxygen atoms in total. The predicted octanol–water partition coefficient (Wildman–Crippen LogP) is 1.20. The fraction of sp³-hybridized carbons (Fsp3) is 0.538. The molecule has 17 heavy (non-hydrogen) atoms. The van der Waals surface area contributed by atoms with Crippen LogP contribution in [0.15, 0.2) is 24.4 Å². The van der Waals surface area contributed by atoms with E-state index in [1.54, 1.807) is 12.3 Å². The first kappa shape index (κ1) is 12.0. The number of hydrogen-bond donors (Lipinski definition) is 2. The summed E-state index contributed by atoms with van der Waals surface area (Å²) >= 11 is 0. The van der Waals surface area contributed by atoms with E-state index in [2.05, 4.69) is 22.5 Å². The second-order valence-corrected chi connectivity index (χ2v) is 4.58. The summed E-state index contributed by atoms with van der Waals surface area (Å²) < 4.78 is 0. The predicted molar refractivity (Wildman–Crippen MR) is 66.8 cm³/mol. The molecule has 1 aromatic rings.